The molecular formula is C23H31NO4S. The van der Waals surface area contributed by atoms with E-state index in [2.05, 4.69) is 10.8 Å². The maximum Gasteiger partial charge on any atom is 0.303 e. The average molecular weight is 418 g/mol. The molecular weight excluding hydrogens is 386 g/mol. The third-order valence-corrected chi connectivity index (χ3v) is 7.36. The number of rotatable bonds is 10. The number of fused-ring (bicyclic) bond motifs is 3. The van der Waals surface area contributed by atoms with Crippen molar-refractivity contribution < 1.29 is 18.3 Å². The van der Waals surface area contributed by atoms with Crippen LogP contribution >= 0.6 is 0 Å². The van der Waals surface area contributed by atoms with E-state index in [0.29, 0.717) is 24.2 Å². The van der Waals surface area contributed by atoms with Crippen LogP contribution in [0.3, 0.4) is 0 Å². The Kier molecular flexibility index (Phi) is 7.67. The zero-order valence-electron chi connectivity index (χ0n) is 16.7. The standard InChI is InChI=1S/C23H31NO4S/c25-22(26)11-7-2-1-6-10-21-19-12-14-20(15-13-19)23(21)24-29(27,28)17-16-18-8-4-3-5-9-18/h1,3-6,8-9,16-17,19-21,23-24H,2,7,10-15H2,(H,25,26)/b6-1+,17-16+. The van der Waals surface area contributed by atoms with Gasteiger partial charge in [-0.1, -0.05) is 42.5 Å². The summed E-state index contributed by atoms with van der Waals surface area (Å²) in [5.74, 6) is 0.527. The zero-order chi connectivity index (χ0) is 20.7. The van der Waals surface area contributed by atoms with Crippen molar-refractivity contribution in [2.45, 2.75) is 57.4 Å². The van der Waals surface area contributed by atoms with Crippen LogP contribution in [0.5, 0.6) is 0 Å². The maximum atomic E-state index is 12.7. The van der Waals surface area contributed by atoms with Gasteiger partial charge in [-0.3, -0.25) is 4.79 Å². The van der Waals surface area contributed by atoms with E-state index in [1.807, 2.05) is 36.4 Å². The summed E-state index contributed by atoms with van der Waals surface area (Å²) in [4.78, 5) is 10.6. The fourth-order valence-corrected chi connectivity index (χ4v) is 5.96. The van der Waals surface area contributed by atoms with Crippen LogP contribution in [0.15, 0.2) is 47.9 Å². The highest BCUT2D eigenvalue weighted by molar-refractivity contribution is 7.92. The summed E-state index contributed by atoms with van der Waals surface area (Å²) in [5.41, 5.74) is 0.865. The molecule has 0 aromatic heterocycles. The van der Waals surface area contributed by atoms with Crippen molar-refractivity contribution in [3.05, 3.63) is 53.5 Å². The smallest absolute Gasteiger partial charge is 0.303 e. The third-order valence-electron chi connectivity index (χ3n) is 6.27. The third kappa shape index (κ3) is 6.54. The van der Waals surface area contributed by atoms with Crippen LogP contribution in [0.4, 0.5) is 0 Å². The summed E-state index contributed by atoms with van der Waals surface area (Å²) < 4.78 is 28.4. The Morgan fingerprint density at radius 1 is 1.07 bits per heavy atom. The lowest BCUT2D eigenvalue weighted by Gasteiger charge is -2.48. The lowest BCUT2D eigenvalue weighted by Crippen LogP contribution is -2.52. The van der Waals surface area contributed by atoms with E-state index in [1.54, 1.807) is 6.08 Å². The molecule has 3 fully saturated rings. The molecule has 6 heteroatoms. The van der Waals surface area contributed by atoms with Crippen molar-refractivity contribution in [1.29, 1.82) is 0 Å². The van der Waals surface area contributed by atoms with Gasteiger partial charge in [-0.2, -0.15) is 0 Å². The van der Waals surface area contributed by atoms with Crippen molar-refractivity contribution in [3.8, 4) is 0 Å². The summed E-state index contributed by atoms with van der Waals surface area (Å²) >= 11 is 0. The Morgan fingerprint density at radius 3 is 2.45 bits per heavy atom. The summed E-state index contributed by atoms with van der Waals surface area (Å²) in [6.07, 6.45) is 12.8. The molecule has 0 radical (unpaired) electrons. The lowest BCUT2D eigenvalue weighted by atomic mass is 9.61. The first-order valence-corrected chi connectivity index (χ1v) is 12.1. The number of carboxylic acid groups (broad SMARTS) is 1. The Morgan fingerprint density at radius 2 is 1.76 bits per heavy atom. The molecule has 3 aliphatic carbocycles. The minimum atomic E-state index is -3.50. The molecule has 5 nitrogen and oxygen atoms in total. The van der Waals surface area contributed by atoms with Gasteiger partial charge in [0.1, 0.15) is 0 Å². The second-order valence-corrected chi connectivity index (χ2v) is 9.83. The van der Waals surface area contributed by atoms with E-state index in [9.17, 15) is 13.2 Å². The Hall–Kier alpha value is -1.92. The van der Waals surface area contributed by atoms with Crippen LogP contribution in [0, 0.1) is 17.8 Å². The average Bonchev–Trinajstić information content (AvgIpc) is 2.71. The topological polar surface area (TPSA) is 83.5 Å². The molecule has 1 aromatic rings. The van der Waals surface area contributed by atoms with Gasteiger partial charge in [0, 0.05) is 17.9 Å². The number of sulfonamides is 1. The predicted molar refractivity (Wildman–Crippen MR) is 116 cm³/mol. The van der Waals surface area contributed by atoms with Crippen molar-refractivity contribution >= 4 is 22.1 Å². The van der Waals surface area contributed by atoms with Crippen LogP contribution in [0.25, 0.3) is 6.08 Å². The Labute approximate surface area is 174 Å². The van der Waals surface area contributed by atoms with Crippen molar-refractivity contribution in [3.63, 3.8) is 0 Å². The molecule has 0 heterocycles. The minimum Gasteiger partial charge on any atom is -0.481 e. The number of hydrogen-bond acceptors (Lipinski definition) is 3. The van der Waals surface area contributed by atoms with Crippen LogP contribution in [0.1, 0.15) is 56.9 Å². The van der Waals surface area contributed by atoms with Gasteiger partial charge < -0.3 is 5.11 Å². The SMILES string of the molecule is O=C(O)CCC/C=C/CC1C2CCC(CC2)C1NS(=O)(=O)/C=C/c1ccccc1. The number of carboxylic acids is 1. The number of hydrogen-bond donors (Lipinski definition) is 2. The van der Waals surface area contributed by atoms with E-state index in [4.69, 9.17) is 5.11 Å². The number of nitrogens with one attached hydrogen (secondary N) is 1. The highest BCUT2D eigenvalue weighted by atomic mass is 32.2. The zero-order valence-corrected chi connectivity index (χ0v) is 17.6. The molecule has 2 atom stereocenters. The summed E-state index contributed by atoms with van der Waals surface area (Å²) in [5, 5.41) is 9.99. The molecule has 158 valence electrons. The molecule has 3 aliphatic rings. The van der Waals surface area contributed by atoms with Crippen molar-refractivity contribution in [2.75, 3.05) is 0 Å². The van der Waals surface area contributed by atoms with Crippen LogP contribution in [0.2, 0.25) is 0 Å². The lowest BCUT2D eigenvalue weighted by molar-refractivity contribution is -0.137. The summed E-state index contributed by atoms with van der Waals surface area (Å²) in [6.45, 7) is 0. The normalized spacial score (nSPS) is 27.0. The van der Waals surface area contributed by atoms with E-state index in [1.165, 1.54) is 18.2 Å². The first-order chi connectivity index (χ1) is 13.9. The summed E-state index contributed by atoms with van der Waals surface area (Å²) in [7, 11) is -3.50. The second-order valence-electron chi connectivity index (χ2n) is 8.23. The first kappa shape index (κ1) is 21.8. The number of aliphatic carboxylic acids is 1. The van der Waals surface area contributed by atoms with E-state index < -0.39 is 16.0 Å². The molecule has 2 unspecified atom stereocenters. The van der Waals surface area contributed by atoms with Gasteiger partial charge in [0.25, 0.3) is 0 Å². The minimum absolute atomic E-state index is 0.0170. The Balaban J connectivity index is 1.61. The molecule has 0 spiro atoms. The second kappa shape index (κ2) is 10.2. The molecule has 0 amide bonds. The molecule has 1 aromatic carbocycles. The molecule has 2 bridgehead atoms. The van der Waals surface area contributed by atoms with Crippen LogP contribution in [-0.4, -0.2) is 25.5 Å². The molecule has 4 rings (SSSR count). The monoisotopic (exact) mass is 417 g/mol. The fourth-order valence-electron chi connectivity index (χ4n) is 4.80. The fraction of sp³-hybridized carbons (Fsp3) is 0.522. The van der Waals surface area contributed by atoms with Gasteiger partial charge in [0.05, 0.1) is 0 Å². The predicted octanol–water partition coefficient (Wildman–Crippen LogP) is 4.58. The highest BCUT2D eigenvalue weighted by Crippen LogP contribution is 2.46. The van der Waals surface area contributed by atoms with E-state index in [0.717, 1.165) is 31.2 Å². The first-order valence-electron chi connectivity index (χ1n) is 10.6. The van der Waals surface area contributed by atoms with Gasteiger partial charge in [0.15, 0.2) is 0 Å². The van der Waals surface area contributed by atoms with Gasteiger partial charge in [-0.15, -0.1) is 0 Å². The highest BCUT2D eigenvalue weighted by Gasteiger charge is 2.44. The van der Waals surface area contributed by atoms with E-state index in [-0.39, 0.29) is 12.5 Å². The number of unbranched alkanes of at least 4 members (excludes halogenated alkanes) is 1. The van der Waals surface area contributed by atoms with Crippen LogP contribution in [-0.2, 0) is 14.8 Å². The summed E-state index contributed by atoms with van der Waals surface area (Å²) in [6, 6.07) is 9.43. The Bertz CT molecular complexity index is 824. The molecule has 2 N–H and O–H groups in total. The number of benzene rings is 1. The molecule has 3 saturated carbocycles. The van der Waals surface area contributed by atoms with Gasteiger partial charge >= 0.3 is 5.97 Å². The van der Waals surface area contributed by atoms with Gasteiger partial charge in [-0.05, 0) is 74.3 Å². The van der Waals surface area contributed by atoms with Crippen molar-refractivity contribution in [1.82, 2.24) is 4.72 Å². The molecule has 29 heavy (non-hydrogen) atoms. The number of allylic oxidation sites excluding steroid dienone is 2. The maximum absolute atomic E-state index is 12.7. The molecule has 0 saturated heterocycles. The van der Waals surface area contributed by atoms with Crippen LogP contribution < -0.4 is 4.72 Å². The van der Waals surface area contributed by atoms with Crippen molar-refractivity contribution in [2.24, 2.45) is 17.8 Å². The van der Waals surface area contributed by atoms with Gasteiger partial charge in [-0.25, -0.2) is 13.1 Å². The quantitative estimate of drug-likeness (QED) is 0.431. The number of carbonyl (C=O) groups is 1. The molecule has 0 aliphatic heterocycles. The van der Waals surface area contributed by atoms with Gasteiger partial charge in [0.2, 0.25) is 10.0 Å². The largest absolute Gasteiger partial charge is 0.481 e. The van der Waals surface area contributed by atoms with E-state index >= 15 is 0 Å².